The number of hydrogen-bond acceptors (Lipinski definition) is 2. The van der Waals surface area contributed by atoms with Gasteiger partial charge in [-0.2, -0.15) is 12.7 Å². The van der Waals surface area contributed by atoms with E-state index in [1.165, 1.54) is 4.31 Å². The Labute approximate surface area is 110 Å². The number of nitrogens with zero attached hydrogens (tertiary/aromatic N) is 1. The van der Waals surface area contributed by atoms with Crippen LogP contribution >= 0.6 is 11.6 Å². The van der Waals surface area contributed by atoms with Gasteiger partial charge in [0.25, 0.3) is 10.2 Å². The van der Waals surface area contributed by atoms with Crippen LogP contribution in [0.25, 0.3) is 0 Å². The summed E-state index contributed by atoms with van der Waals surface area (Å²) in [4.78, 5) is 0. The molecule has 0 radical (unpaired) electrons. The average molecular weight is 283 g/mol. The Morgan fingerprint density at radius 3 is 2.35 bits per heavy atom. The van der Waals surface area contributed by atoms with Gasteiger partial charge in [0.05, 0.1) is 0 Å². The molecule has 0 saturated carbocycles. The Morgan fingerprint density at radius 2 is 1.88 bits per heavy atom. The third kappa shape index (κ3) is 4.73. The van der Waals surface area contributed by atoms with E-state index in [0.29, 0.717) is 31.4 Å². The normalized spacial score (nSPS) is 20.7. The summed E-state index contributed by atoms with van der Waals surface area (Å²) in [5.41, 5.74) is -0.211. The molecule has 6 heteroatoms. The van der Waals surface area contributed by atoms with Crippen molar-refractivity contribution in [3.63, 3.8) is 0 Å². The molecular weight excluding hydrogens is 260 g/mol. The van der Waals surface area contributed by atoms with Crippen molar-refractivity contribution in [2.45, 2.75) is 33.6 Å². The molecule has 0 bridgehead atoms. The Hall–Kier alpha value is 0.160. The summed E-state index contributed by atoms with van der Waals surface area (Å²) >= 11 is 5.78. The second kappa shape index (κ2) is 5.87. The van der Waals surface area contributed by atoms with Gasteiger partial charge in [-0.3, -0.25) is 0 Å². The van der Waals surface area contributed by atoms with Crippen molar-refractivity contribution in [3.05, 3.63) is 0 Å². The first kappa shape index (κ1) is 15.2. The summed E-state index contributed by atoms with van der Waals surface area (Å²) in [7, 11) is -3.33. The molecular formula is C11H23ClN2O2S. The second-order valence-electron chi connectivity index (χ2n) is 5.71. The average Bonchev–Trinajstić information content (AvgIpc) is 2.27. The molecule has 1 saturated heterocycles. The Bertz CT molecular complexity index is 335. The van der Waals surface area contributed by atoms with Crippen molar-refractivity contribution >= 4 is 21.8 Å². The van der Waals surface area contributed by atoms with Gasteiger partial charge >= 0.3 is 0 Å². The lowest BCUT2D eigenvalue weighted by Crippen LogP contribution is -2.47. The fraction of sp³-hybridized carbons (Fsp3) is 1.00. The summed E-state index contributed by atoms with van der Waals surface area (Å²) in [5.74, 6) is 1.06. The van der Waals surface area contributed by atoms with E-state index in [9.17, 15) is 8.42 Å². The van der Waals surface area contributed by atoms with E-state index < -0.39 is 10.2 Å². The van der Waals surface area contributed by atoms with Crippen LogP contribution in [0.2, 0.25) is 0 Å². The zero-order chi connectivity index (χ0) is 13.1. The first-order valence-corrected chi connectivity index (χ1v) is 8.05. The molecule has 0 aromatic rings. The predicted octanol–water partition coefficient (Wildman–Crippen LogP) is 1.82. The van der Waals surface area contributed by atoms with Crippen molar-refractivity contribution in [3.8, 4) is 0 Å². The molecule has 1 aliphatic rings. The molecule has 0 aromatic heterocycles. The van der Waals surface area contributed by atoms with Crippen LogP contribution in [0.4, 0.5) is 0 Å². The number of alkyl halides is 1. The van der Waals surface area contributed by atoms with Crippen LogP contribution in [0.3, 0.4) is 0 Å². The van der Waals surface area contributed by atoms with Crippen LogP contribution < -0.4 is 4.72 Å². The van der Waals surface area contributed by atoms with Gasteiger partial charge in [-0.25, -0.2) is 4.72 Å². The molecule has 1 N–H and O–H groups in total. The highest BCUT2D eigenvalue weighted by atomic mass is 35.5. The minimum atomic E-state index is -3.33. The minimum absolute atomic E-state index is 0.211. The number of nitrogens with one attached hydrogen (secondary N) is 1. The first-order valence-electron chi connectivity index (χ1n) is 6.07. The highest BCUT2D eigenvalue weighted by Crippen LogP contribution is 2.19. The molecule has 1 heterocycles. The number of halogens is 1. The van der Waals surface area contributed by atoms with E-state index in [2.05, 4.69) is 11.6 Å². The topological polar surface area (TPSA) is 49.4 Å². The van der Waals surface area contributed by atoms with Crippen LogP contribution in [-0.4, -0.2) is 38.2 Å². The van der Waals surface area contributed by atoms with E-state index in [1.54, 1.807) is 0 Å². The largest absolute Gasteiger partial charge is 0.279 e. The monoisotopic (exact) mass is 282 g/mol. The standard InChI is InChI=1S/C11H23ClN2O2S/c1-10-4-6-14(7-5-10)17(15,16)13-9-11(2,3)8-12/h10,13H,4-9H2,1-3H3. The van der Waals surface area contributed by atoms with E-state index in [0.717, 1.165) is 12.8 Å². The molecule has 0 amide bonds. The summed E-state index contributed by atoms with van der Waals surface area (Å²) in [6.45, 7) is 7.68. The maximum absolute atomic E-state index is 12.0. The van der Waals surface area contributed by atoms with E-state index >= 15 is 0 Å². The molecule has 17 heavy (non-hydrogen) atoms. The smallest absolute Gasteiger partial charge is 0.202 e. The summed E-state index contributed by atoms with van der Waals surface area (Å²) in [6, 6.07) is 0. The van der Waals surface area contributed by atoms with Crippen molar-refractivity contribution in [2.24, 2.45) is 11.3 Å². The Morgan fingerprint density at radius 1 is 1.35 bits per heavy atom. The van der Waals surface area contributed by atoms with Gasteiger partial charge in [-0.1, -0.05) is 20.8 Å². The molecule has 102 valence electrons. The van der Waals surface area contributed by atoms with Gasteiger partial charge in [-0.15, -0.1) is 11.6 Å². The maximum Gasteiger partial charge on any atom is 0.279 e. The lowest BCUT2D eigenvalue weighted by Gasteiger charge is -2.31. The van der Waals surface area contributed by atoms with Gasteiger partial charge in [0.1, 0.15) is 0 Å². The molecule has 4 nitrogen and oxygen atoms in total. The van der Waals surface area contributed by atoms with Crippen LogP contribution in [0.1, 0.15) is 33.6 Å². The fourth-order valence-corrected chi connectivity index (χ4v) is 3.19. The zero-order valence-electron chi connectivity index (χ0n) is 10.9. The summed E-state index contributed by atoms with van der Waals surface area (Å²) < 4.78 is 28.2. The minimum Gasteiger partial charge on any atom is -0.202 e. The van der Waals surface area contributed by atoms with E-state index in [4.69, 9.17) is 11.6 Å². The Balaban J connectivity index is 2.51. The van der Waals surface area contributed by atoms with Gasteiger partial charge < -0.3 is 0 Å². The van der Waals surface area contributed by atoms with Crippen molar-refractivity contribution < 1.29 is 8.42 Å². The number of piperidine rings is 1. The third-order valence-corrected chi connectivity index (χ3v) is 5.46. The quantitative estimate of drug-likeness (QED) is 0.782. The van der Waals surface area contributed by atoms with Gasteiger partial charge in [-0.05, 0) is 24.2 Å². The predicted molar refractivity (Wildman–Crippen MR) is 71.4 cm³/mol. The van der Waals surface area contributed by atoms with Gasteiger partial charge in [0, 0.05) is 25.5 Å². The molecule has 0 aliphatic carbocycles. The molecule has 1 rings (SSSR count). The molecule has 0 atom stereocenters. The van der Waals surface area contributed by atoms with Gasteiger partial charge in [0.15, 0.2) is 0 Å². The molecule has 1 aliphatic heterocycles. The SMILES string of the molecule is CC1CCN(S(=O)(=O)NCC(C)(C)CCl)CC1. The lowest BCUT2D eigenvalue weighted by molar-refractivity contribution is 0.282. The van der Waals surface area contributed by atoms with Crippen LogP contribution in [0.5, 0.6) is 0 Å². The van der Waals surface area contributed by atoms with E-state index in [-0.39, 0.29) is 5.41 Å². The highest BCUT2D eigenvalue weighted by molar-refractivity contribution is 7.87. The van der Waals surface area contributed by atoms with Crippen LogP contribution in [-0.2, 0) is 10.2 Å². The summed E-state index contributed by atoms with van der Waals surface area (Å²) in [6.07, 6.45) is 1.89. The van der Waals surface area contributed by atoms with Crippen LogP contribution in [0.15, 0.2) is 0 Å². The number of hydrogen-bond donors (Lipinski definition) is 1. The molecule has 1 fully saturated rings. The van der Waals surface area contributed by atoms with Crippen LogP contribution in [0, 0.1) is 11.3 Å². The highest BCUT2D eigenvalue weighted by Gasteiger charge is 2.28. The van der Waals surface area contributed by atoms with Gasteiger partial charge in [0.2, 0.25) is 0 Å². The third-order valence-electron chi connectivity index (χ3n) is 3.18. The molecule has 0 aromatic carbocycles. The van der Waals surface area contributed by atoms with E-state index in [1.807, 2.05) is 13.8 Å². The maximum atomic E-state index is 12.0. The number of rotatable bonds is 5. The summed E-state index contributed by atoms with van der Waals surface area (Å²) in [5, 5.41) is 0. The first-order chi connectivity index (χ1) is 7.77. The van der Waals surface area contributed by atoms with Crippen molar-refractivity contribution in [1.82, 2.24) is 9.03 Å². The Kier molecular flexibility index (Phi) is 5.25. The molecule has 0 spiro atoms. The zero-order valence-corrected chi connectivity index (χ0v) is 12.4. The van der Waals surface area contributed by atoms with Crippen molar-refractivity contribution in [1.29, 1.82) is 0 Å². The fourth-order valence-electron chi connectivity index (χ4n) is 1.65. The second-order valence-corrected chi connectivity index (χ2v) is 7.73. The van der Waals surface area contributed by atoms with Crippen molar-refractivity contribution in [2.75, 3.05) is 25.5 Å². The molecule has 0 unspecified atom stereocenters. The lowest BCUT2D eigenvalue weighted by atomic mass is 9.97.